The number of carbonyl (C=O) groups is 2. The molecular weight excluding hydrogens is 346 g/mol. The molecule has 3 rings (SSSR count). The number of primary amides is 1. The van der Waals surface area contributed by atoms with Gasteiger partial charge in [-0.3, -0.25) is 9.59 Å². The Morgan fingerprint density at radius 3 is 2.74 bits per heavy atom. The number of nitrogens with one attached hydrogen (secondary N) is 1. The predicted octanol–water partition coefficient (Wildman–Crippen LogP) is 1.68. The van der Waals surface area contributed by atoms with E-state index in [9.17, 15) is 9.59 Å². The van der Waals surface area contributed by atoms with Gasteiger partial charge in [0.15, 0.2) is 5.65 Å². The van der Waals surface area contributed by atoms with Crippen LogP contribution in [-0.4, -0.2) is 33.0 Å². The van der Waals surface area contributed by atoms with E-state index in [1.165, 1.54) is 23.0 Å². The lowest BCUT2D eigenvalue weighted by molar-refractivity contribution is 0.0940. The monoisotopic (exact) mass is 367 g/mol. The van der Waals surface area contributed by atoms with Crippen molar-refractivity contribution in [3.8, 4) is 0 Å². The summed E-state index contributed by atoms with van der Waals surface area (Å²) in [6.45, 7) is 3.59. The number of hydrogen-bond donors (Lipinski definition) is 2. The smallest absolute Gasteiger partial charge is 0.270 e. The number of ether oxygens (including phenoxy) is 1. The van der Waals surface area contributed by atoms with Crippen LogP contribution in [-0.2, 0) is 17.9 Å². The van der Waals surface area contributed by atoms with E-state index in [0.717, 1.165) is 17.5 Å². The molecule has 2 heterocycles. The third-order valence-corrected chi connectivity index (χ3v) is 4.06. The minimum atomic E-state index is -0.643. The highest BCUT2D eigenvalue weighted by atomic mass is 16.5. The first kappa shape index (κ1) is 18.5. The standard InChI is InChI=1S/C19H21N5O3/c1-2-9-27-12-14-6-4-3-5-13(14)10-22-19(26)16-7-8-21-18-15(17(20)25)11-23-24(16)18/h3-8,11H,2,9-10,12H2,1H3,(H2,20,25)(H,22,26). The van der Waals surface area contributed by atoms with Crippen molar-refractivity contribution >= 4 is 17.5 Å². The second-order valence-corrected chi connectivity index (χ2v) is 5.99. The largest absolute Gasteiger partial charge is 0.377 e. The summed E-state index contributed by atoms with van der Waals surface area (Å²) in [5.74, 6) is -0.970. The van der Waals surface area contributed by atoms with Gasteiger partial charge in [-0.05, 0) is 23.6 Å². The number of fused-ring (bicyclic) bond motifs is 1. The molecule has 0 saturated heterocycles. The van der Waals surface area contributed by atoms with Crippen molar-refractivity contribution < 1.29 is 14.3 Å². The van der Waals surface area contributed by atoms with Crippen molar-refractivity contribution in [3.05, 3.63) is 65.1 Å². The number of nitrogens with zero attached hydrogens (tertiary/aromatic N) is 3. The van der Waals surface area contributed by atoms with Crippen molar-refractivity contribution in [1.29, 1.82) is 0 Å². The molecule has 0 aliphatic heterocycles. The summed E-state index contributed by atoms with van der Waals surface area (Å²) in [7, 11) is 0. The van der Waals surface area contributed by atoms with E-state index >= 15 is 0 Å². The molecule has 3 aromatic rings. The molecular formula is C19H21N5O3. The van der Waals surface area contributed by atoms with E-state index in [-0.39, 0.29) is 22.8 Å². The van der Waals surface area contributed by atoms with Crippen LogP contribution < -0.4 is 11.1 Å². The summed E-state index contributed by atoms with van der Waals surface area (Å²) in [4.78, 5) is 28.1. The minimum absolute atomic E-state index is 0.170. The maximum absolute atomic E-state index is 12.6. The SMILES string of the molecule is CCCOCc1ccccc1CNC(=O)c1ccnc2c(C(N)=O)cnn12. The van der Waals surface area contributed by atoms with Crippen molar-refractivity contribution in [2.24, 2.45) is 5.73 Å². The molecule has 0 spiro atoms. The summed E-state index contributed by atoms with van der Waals surface area (Å²) in [5.41, 5.74) is 8.01. The normalized spacial score (nSPS) is 10.9. The lowest BCUT2D eigenvalue weighted by Gasteiger charge is -2.11. The van der Waals surface area contributed by atoms with E-state index in [1.54, 1.807) is 0 Å². The molecule has 2 amide bonds. The summed E-state index contributed by atoms with van der Waals surface area (Å²) >= 11 is 0. The molecule has 0 radical (unpaired) electrons. The van der Waals surface area contributed by atoms with Gasteiger partial charge in [0, 0.05) is 19.3 Å². The molecule has 0 unspecified atom stereocenters. The zero-order valence-electron chi connectivity index (χ0n) is 15.0. The van der Waals surface area contributed by atoms with Crippen LogP contribution >= 0.6 is 0 Å². The molecule has 2 aromatic heterocycles. The first-order valence-corrected chi connectivity index (χ1v) is 8.67. The highest BCUT2D eigenvalue weighted by Crippen LogP contribution is 2.12. The van der Waals surface area contributed by atoms with Gasteiger partial charge < -0.3 is 15.8 Å². The topological polar surface area (TPSA) is 112 Å². The maximum atomic E-state index is 12.6. The van der Waals surface area contributed by atoms with Gasteiger partial charge in [0.2, 0.25) is 0 Å². The first-order valence-electron chi connectivity index (χ1n) is 8.67. The summed E-state index contributed by atoms with van der Waals surface area (Å²) in [6, 6.07) is 9.33. The number of aromatic nitrogens is 3. The third-order valence-electron chi connectivity index (χ3n) is 4.06. The van der Waals surface area contributed by atoms with Crippen LogP contribution in [0.25, 0.3) is 5.65 Å². The van der Waals surface area contributed by atoms with Crippen LogP contribution in [0.1, 0.15) is 45.3 Å². The number of carbonyl (C=O) groups excluding carboxylic acids is 2. The number of nitrogens with two attached hydrogens (primary N) is 1. The van der Waals surface area contributed by atoms with Crippen LogP contribution in [0.2, 0.25) is 0 Å². The molecule has 8 nitrogen and oxygen atoms in total. The van der Waals surface area contributed by atoms with Gasteiger partial charge in [-0.25, -0.2) is 9.50 Å². The van der Waals surface area contributed by atoms with Crippen LogP contribution in [0, 0.1) is 0 Å². The average molecular weight is 367 g/mol. The maximum Gasteiger partial charge on any atom is 0.270 e. The summed E-state index contributed by atoms with van der Waals surface area (Å²) < 4.78 is 6.92. The highest BCUT2D eigenvalue weighted by molar-refractivity contribution is 5.99. The molecule has 140 valence electrons. The Bertz CT molecular complexity index is 967. The van der Waals surface area contributed by atoms with Gasteiger partial charge >= 0.3 is 0 Å². The zero-order valence-corrected chi connectivity index (χ0v) is 15.0. The van der Waals surface area contributed by atoms with Gasteiger partial charge in [0.25, 0.3) is 11.8 Å². The number of benzene rings is 1. The highest BCUT2D eigenvalue weighted by Gasteiger charge is 2.16. The van der Waals surface area contributed by atoms with E-state index in [0.29, 0.717) is 19.8 Å². The van der Waals surface area contributed by atoms with Gasteiger partial charge in [-0.1, -0.05) is 31.2 Å². The van der Waals surface area contributed by atoms with Gasteiger partial charge in [-0.2, -0.15) is 5.10 Å². The number of amides is 2. The first-order chi connectivity index (χ1) is 13.1. The van der Waals surface area contributed by atoms with Crippen LogP contribution in [0.15, 0.2) is 42.7 Å². The average Bonchev–Trinajstić information content (AvgIpc) is 3.11. The molecule has 8 heteroatoms. The van der Waals surface area contributed by atoms with Gasteiger partial charge in [-0.15, -0.1) is 0 Å². The van der Waals surface area contributed by atoms with Gasteiger partial charge in [0.05, 0.1) is 12.8 Å². The Labute approximate surface area is 156 Å². The Balaban J connectivity index is 1.76. The fraction of sp³-hybridized carbons (Fsp3) is 0.263. The Morgan fingerprint density at radius 2 is 2.00 bits per heavy atom. The van der Waals surface area contributed by atoms with Crippen LogP contribution in [0.4, 0.5) is 0 Å². The lowest BCUT2D eigenvalue weighted by Crippen LogP contribution is -2.26. The Morgan fingerprint density at radius 1 is 1.22 bits per heavy atom. The fourth-order valence-corrected chi connectivity index (χ4v) is 2.70. The molecule has 0 atom stereocenters. The van der Waals surface area contributed by atoms with E-state index in [2.05, 4.69) is 22.3 Å². The molecule has 0 aliphatic carbocycles. The quantitative estimate of drug-likeness (QED) is 0.589. The predicted molar refractivity (Wildman–Crippen MR) is 99.1 cm³/mol. The molecule has 27 heavy (non-hydrogen) atoms. The second-order valence-electron chi connectivity index (χ2n) is 5.99. The van der Waals surface area contributed by atoms with Gasteiger partial charge in [0.1, 0.15) is 11.3 Å². The molecule has 3 N–H and O–H groups in total. The Hall–Kier alpha value is -3.26. The third kappa shape index (κ3) is 4.12. The molecule has 0 fully saturated rings. The van der Waals surface area contributed by atoms with E-state index in [4.69, 9.17) is 10.5 Å². The minimum Gasteiger partial charge on any atom is -0.377 e. The second kappa shape index (κ2) is 8.41. The summed E-state index contributed by atoms with van der Waals surface area (Å²) in [6.07, 6.45) is 3.71. The zero-order chi connectivity index (χ0) is 19.2. The van der Waals surface area contributed by atoms with Crippen LogP contribution in [0.5, 0.6) is 0 Å². The number of rotatable bonds is 8. The lowest BCUT2D eigenvalue weighted by atomic mass is 10.1. The van der Waals surface area contributed by atoms with Crippen molar-refractivity contribution in [1.82, 2.24) is 19.9 Å². The molecule has 0 aliphatic rings. The van der Waals surface area contributed by atoms with Crippen molar-refractivity contribution in [2.45, 2.75) is 26.5 Å². The number of hydrogen-bond acceptors (Lipinski definition) is 5. The van der Waals surface area contributed by atoms with Crippen LogP contribution in [0.3, 0.4) is 0 Å². The van der Waals surface area contributed by atoms with Crippen molar-refractivity contribution in [3.63, 3.8) is 0 Å². The molecule has 1 aromatic carbocycles. The van der Waals surface area contributed by atoms with Crippen molar-refractivity contribution in [2.75, 3.05) is 6.61 Å². The van der Waals surface area contributed by atoms with E-state index in [1.807, 2.05) is 24.3 Å². The summed E-state index contributed by atoms with van der Waals surface area (Å²) in [5, 5.41) is 6.93. The molecule has 0 saturated carbocycles. The Kier molecular flexibility index (Phi) is 5.77. The molecule has 0 bridgehead atoms. The van der Waals surface area contributed by atoms with E-state index < -0.39 is 5.91 Å². The fourth-order valence-electron chi connectivity index (χ4n) is 2.70.